The molecule has 2 nitrogen and oxygen atoms in total. The Morgan fingerprint density at radius 2 is 1.89 bits per heavy atom. The minimum Gasteiger partial charge on any atom is -0.375 e. The predicted molar refractivity (Wildman–Crippen MR) is 79.6 cm³/mol. The molecule has 2 heteroatoms. The van der Waals surface area contributed by atoms with Gasteiger partial charge in [-0.15, -0.1) is 0 Å². The summed E-state index contributed by atoms with van der Waals surface area (Å²) in [5, 5.41) is 0. The van der Waals surface area contributed by atoms with Crippen LogP contribution < -0.4 is 4.90 Å². The lowest BCUT2D eigenvalue weighted by atomic mass is 9.81. The van der Waals surface area contributed by atoms with Crippen LogP contribution in [0.3, 0.4) is 0 Å². The SMILES string of the molecule is CCC1CCC2(CCN(c3ccccc3)CC2)OC1. The summed E-state index contributed by atoms with van der Waals surface area (Å²) in [7, 11) is 0. The lowest BCUT2D eigenvalue weighted by Crippen LogP contribution is -2.49. The Hall–Kier alpha value is -1.02. The van der Waals surface area contributed by atoms with Crippen LogP contribution in [-0.2, 0) is 4.74 Å². The average Bonchev–Trinajstić information content (AvgIpc) is 2.50. The molecule has 0 N–H and O–H groups in total. The Morgan fingerprint density at radius 1 is 1.16 bits per heavy atom. The van der Waals surface area contributed by atoms with E-state index >= 15 is 0 Å². The Kier molecular flexibility index (Phi) is 3.79. The monoisotopic (exact) mass is 259 g/mol. The number of nitrogens with zero attached hydrogens (tertiary/aromatic N) is 1. The van der Waals surface area contributed by atoms with Gasteiger partial charge in [-0.25, -0.2) is 0 Å². The van der Waals surface area contributed by atoms with Gasteiger partial charge in [0.05, 0.1) is 12.2 Å². The number of hydrogen-bond donors (Lipinski definition) is 0. The van der Waals surface area contributed by atoms with Gasteiger partial charge in [0, 0.05) is 18.8 Å². The lowest BCUT2D eigenvalue weighted by molar-refractivity contribution is -0.113. The van der Waals surface area contributed by atoms with Crippen molar-refractivity contribution >= 4 is 5.69 Å². The van der Waals surface area contributed by atoms with Crippen molar-refractivity contribution in [2.75, 3.05) is 24.6 Å². The van der Waals surface area contributed by atoms with Crippen LogP contribution in [0.1, 0.15) is 39.0 Å². The number of ether oxygens (including phenoxy) is 1. The van der Waals surface area contributed by atoms with Gasteiger partial charge in [0.2, 0.25) is 0 Å². The van der Waals surface area contributed by atoms with Crippen LogP contribution in [0, 0.1) is 5.92 Å². The van der Waals surface area contributed by atoms with Gasteiger partial charge >= 0.3 is 0 Å². The highest BCUT2D eigenvalue weighted by atomic mass is 16.5. The van der Waals surface area contributed by atoms with Crippen molar-refractivity contribution in [3.8, 4) is 0 Å². The van der Waals surface area contributed by atoms with Crippen LogP contribution in [0.25, 0.3) is 0 Å². The number of para-hydroxylation sites is 1. The number of benzene rings is 1. The molecule has 0 bridgehead atoms. The van der Waals surface area contributed by atoms with E-state index in [-0.39, 0.29) is 5.60 Å². The highest BCUT2D eigenvalue weighted by molar-refractivity contribution is 5.46. The van der Waals surface area contributed by atoms with Gasteiger partial charge in [0.25, 0.3) is 0 Å². The van der Waals surface area contributed by atoms with Crippen molar-refractivity contribution in [1.82, 2.24) is 0 Å². The van der Waals surface area contributed by atoms with Crippen LogP contribution >= 0.6 is 0 Å². The minimum absolute atomic E-state index is 0.205. The highest BCUT2D eigenvalue weighted by Crippen LogP contribution is 2.38. The van der Waals surface area contributed by atoms with Crippen molar-refractivity contribution in [2.45, 2.75) is 44.6 Å². The molecule has 1 aromatic carbocycles. The molecule has 0 aliphatic carbocycles. The zero-order valence-corrected chi connectivity index (χ0v) is 12.0. The quantitative estimate of drug-likeness (QED) is 0.799. The van der Waals surface area contributed by atoms with Gasteiger partial charge in [0.15, 0.2) is 0 Å². The third-order valence-electron chi connectivity index (χ3n) is 5.01. The topological polar surface area (TPSA) is 12.5 Å². The molecule has 1 unspecified atom stereocenters. The predicted octanol–water partition coefficient (Wildman–Crippen LogP) is 3.86. The summed E-state index contributed by atoms with van der Waals surface area (Å²) < 4.78 is 6.27. The summed E-state index contributed by atoms with van der Waals surface area (Å²) in [5.41, 5.74) is 1.57. The van der Waals surface area contributed by atoms with Gasteiger partial charge in [0.1, 0.15) is 0 Å². The van der Waals surface area contributed by atoms with Crippen LogP contribution in [0.15, 0.2) is 30.3 Å². The molecule has 0 saturated carbocycles. The third kappa shape index (κ3) is 2.79. The highest BCUT2D eigenvalue weighted by Gasteiger charge is 2.38. The maximum atomic E-state index is 6.27. The lowest BCUT2D eigenvalue weighted by Gasteiger charge is -2.46. The first-order valence-electron chi connectivity index (χ1n) is 7.75. The molecule has 1 atom stereocenters. The van der Waals surface area contributed by atoms with Crippen LogP contribution in [0.5, 0.6) is 0 Å². The zero-order valence-electron chi connectivity index (χ0n) is 12.0. The summed E-state index contributed by atoms with van der Waals surface area (Å²) in [6, 6.07) is 10.8. The third-order valence-corrected chi connectivity index (χ3v) is 5.01. The van der Waals surface area contributed by atoms with E-state index in [2.05, 4.69) is 42.2 Å². The second kappa shape index (κ2) is 5.54. The van der Waals surface area contributed by atoms with E-state index in [9.17, 15) is 0 Å². The number of rotatable bonds is 2. The number of anilines is 1. The average molecular weight is 259 g/mol. The molecule has 1 spiro atoms. The maximum absolute atomic E-state index is 6.27. The molecule has 2 aliphatic heterocycles. The standard InChI is InChI=1S/C17H25NO/c1-2-15-8-9-17(19-14-15)10-12-18(13-11-17)16-6-4-3-5-7-16/h3-7,15H,2,8-14H2,1H3. The number of hydrogen-bond acceptors (Lipinski definition) is 2. The Balaban J connectivity index is 1.58. The van der Waals surface area contributed by atoms with E-state index in [4.69, 9.17) is 4.74 Å². The first kappa shape index (κ1) is 13.0. The molecule has 2 heterocycles. The Labute approximate surface area is 116 Å². The molecule has 2 fully saturated rings. The largest absolute Gasteiger partial charge is 0.375 e. The van der Waals surface area contributed by atoms with Crippen LogP contribution in [0.4, 0.5) is 5.69 Å². The fourth-order valence-corrected chi connectivity index (χ4v) is 3.44. The normalized spacial score (nSPS) is 26.6. The van der Waals surface area contributed by atoms with Crippen molar-refractivity contribution in [3.05, 3.63) is 30.3 Å². The van der Waals surface area contributed by atoms with Gasteiger partial charge in [-0.1, -0.05) is 31.5 Å². The molecule has 3 rings (SSSR count). The van der Waals surface area contributed by atoms with Crippen molar-refractivity contribution < 1.29 is 4.74 Å². The summed E-state index contributed by atoms with van der Waals surface area (Å²) >= 11 is 0. The first-order chi connectivity index (χ1) is 9.31. The van der Waals surface area contributed by atoms with E-state index in [0.29, 0.717) is 0 Å². The Bertz CT molecular complexity index is 385. The molecular weight excluding hydrogens is 234 g/mol. The summed E-state index contributed by atoms with van der Waals surface area (Å²) in [6.07, 6.45) is 6.29. The molecule has 0 aromatic heterocycles. The van der Waals surface area contributed by atoms with E-state index in [1.807, 2.05) is 0 Å². The van der Waals surface area contributed by atoms with Crippen LogP contribution in [-0.4, -0.2) is 25.3 Å². The fourth-order valence-electron chi connectivity index (χ4n) is 3.44. The first-order valence-corrected chi connectivity index (χ1v) is 7.75. The molecular formula is C17H25NO. The molecule has 0 radical (unpaired) electrons. The van der Waals surface area contributed by atoms with Gasteiger partial charge in [-0.3, -0.25) is 0 Å². The van der Waals surface area contributed by atoms with E-state index in [0.717, 1.165) is 25.6 Å². The second-order valence-corrected chi connectivity index (χ2v) is 6.13. The van der Waals surface area contributed by atoms with E-state index in [1.54, 1.807) is 0 Å². The van der Waals surface area contributed by atoms with Crippen molar-refractivity contribution in [1.29, 1.82) is 0 Å². The van der Waals surface area contributed by atoms with Crippen molar-refractivity contribution in [3.63, 3.8) is 0 Å². The summed E-state index contributed by atoms with van der Waals surface area (Å²) in [6.45, 7) is 5.55. The number of piperidine rings is 1. The van der Waals surface area contributed by atoms with E-state index < -0.39 is 0 Å². The zero-order chi connectivity index (χ0) is 13.1. The van der Waals surface area contributed by atoms with Gasteiger partial charge in [-0.2, -0.15) is 0 Å². The molecule has 0 amide bonds. The summed E-state index contributed by atoms with van der Waals surface area (Å²) in [5.74, 6) is 0.803. The molecule has 2 saturated heterocycles. The van der Waals surface area contributed by atoms with Gasteiger partial charge in [-0.05, 0) is 43.7 Å². The maximum Gasteiger partial charge on any atom is 0.0716 e. The second-order valence-electron chi connectivity index (χ2n) is 6.13. The van der Waals surface area contributed by atoms with Crippen molar-refractivity contribution in [2.24, 2.45) is 5.92 Å². The minimum atomic E-state index is 0.205. The summed E-state index contributed by atoms with van der Waals surface area (Å²) in [4.78, 5) is 2.50. The molecule has 104 valence electrons. The fraction of sp³-hybridized carbons (Fsp3) is 0.647. The molecule has 2 aliphatic rings. The van der Waals surface area contributed by atoms with E-state index in [1.165, 1.54) is 37.8 Å². The smallest absolute Gasteiger partial charge is 0.0716 e. The molecule has 19 heavy (non-hydrogen) atoms. The van der Waals surface area contributed by atoms with Gasteiger partial charge < -0.3 is 9.64 Å². The Morgan fingerprint density at radius 3 is 2.47 bits per heavy atom. The van der Waals surface area contributed by atoms with Crippen LogP contribution in [0.2, 0.25) is 0 Å². The molecule has 1 aromatic rings.